The number of hydrogen-bond donors (Lipinski definition) is 2. The Labute approximate surface area is 125 Å². The lowest BCUT2D eigenvalue weighted by molar-refractivity contribution is -0.385. The quantitative estimate of drug-likeness (QED) is 0.572. The molecule has 1 aliphatic heterocycles. The zero-order chi connectivity index (χ0) is 16.2. The van der Waals surface area contributed by atoms with Gasteiger partial charge >= 0.3 is 11.7 Å². The zero-order valence-electron chi connectivity index (χ0n) is 11.5. The summed E-state index contributed by atoms with van der Waals surface area (Å²) in [5.74, 6) is -1.94. The van der Waals surface area contributed by atoms with Crippen molar-refractivity contribution in [2.24, 2.45) is 0 Å². The molecule has 1 atom stereocenters. The molecule has 0 aliphatic carbocycles. The minimum atomic E-state index is -1.47. The molecule has 0 aromatic heterocycles. The predicted molar refractivity (Wildman–Crippen MR) is 72.5 cm³/mol. The molecule has 22 heavy (non-hydrogen) atoms. The van der Waals surface area contributed by atoms with Crippen LogP contribution in [0.1, 0.15) is 6.42 Å². The van der Waals surface area contributed by atoms with E-state index in [0.29, 0.717) is 0 Å². The van der Waals surface area contributed by atoms with Crippen molar-refractivity contribution in [3.8, 4) is 5.75 Å². The molecule has 1 aromatic carbocycles. The van der Waals surface area contributed by atoms with Crippen molar-refractivity contribution in [1.29, 1.82) is 0 Å². The molecule has 1 unspecified atom stereocenters. The van der Waals surface area contributed by atoms with Gasteiger partial charge < -0.3 is 19.9 Å². The van der Waals surface area contributed by atoms with Crippen molar-refractivity contribution in [3.63, 3.8) is 0 Å². The fraction of sp³-hybridized carbons (Fsp3) is 0.385. The Hall–Kier alpha value is -2.68. The summed E-state index contributed by atoms with van der Waals surface area (Å²) in [6, 6.07) is 5.61. The number of carbonyl (C=O) groups excluding carboxylic acids is 1. The first-order valence-corrected chi connectivity index (χ1v) is 6.43. The van der Waals surface area contributed by atoms with Crippen LogP contribution < -0.4 is 10.1 Å². The van der Waals surface area contributed by atoms with Gasteiger partial charge in [-0.3, -0.25) is 14.9 Å². The first-order chi connectivity index (χ1) is 10.4. The predicted octanol–water partition coefficient (Wildman–Crippen LogP) is 0.333. The van der Waals surface area contributed by atoms with E-state index < -0.39 is 28.9 Å². The maximum atomic E-state index is 11.8. The molecule has 1 heterocycles. The molecular formula is C13H14N2O7. The average Bonchev–Trinajstić information content (AvgIpc) is 2.95. The Balaban J connectivity index is 1.99. The van der Waals surface area contributed by atoms with E-state index in [4.69, 9.17) is 9.47 Å². The van der Waals surface area contributed by atoms with Crippen molar-refractivity contribution < 1.29 is 29.1 Å². The number of benzene rings is 1. The van der Waals surface area contributed by atoms with Crippen LogP contribution in [-0.2, 0) is 14.3 Å². The van der Waals surface area contributed by atoms with E-state index >= 15 is 0 Å². The SMILES string of the molecule is O=C(COc1ccccc1[N+](=O)[O-])NC1(C(=O)O)CCOC1. The van der Waals surface area contributed by atoms with E-state index in [0.717, 1.165) is 0 Å². The van der Waals surface area contributed by atoms with E-state index in [-0.39, 0.29) is 31.1 Å². The second-order valence-electron chi connectivity index (χ2n) is 4.75. The maximum absolute atomic E-state index is 11.8. The number of hydrogen-bond acceptors (Lipinski definition) is 6. The molecule has 1 fully saturated rings. The number of ether oxygens (including phenoxy) is 2. The smallest absolute Gasteiger partial charge is 0.331 e. The summed E-state index contributed by atoms with van der Waals surface area (Å²) in [4.78, 5) is 33.3. The van der Waals surface area contributed by atoms with Gasteiger partial charge in [0.1, 0.15) is 0 Å². The van der Waals surface area contributed by atoms with E-state index in [2.05, 4.69) is 5.32 Å². The molecule has 118 valence electrons. The second-order valence-corrected chi connectivity index (χ2v) is 4.75. The van der Waals surface area contributed by atoms with Crippen LogP contribution in [0.5, 0.6) is 5.75 Å². The number of nitro benzene ring substituents is 1. The summed E-state index contributed by atoms with van der Waals surface area (Å²) in [7, 11) is 0. The molecule has 2 rings (SSSR count). The number of carboxylic acid groups (broad SMARTS) is 1. The second kappa shape index (κ2) is 6.39. The van der Waals surface area contributed by atoms with Crippen LogP contribution in [0.4, 0.5) is 5.69 Å². The molecule has 9 heteroatoms. The largest absolute Gasteiger partial charge is 0.479 e. The summed E-state index contributed by atoms with van der Waals surface area (Å²) >= 11 is 0. The van der Waals surface area contributed by atoms with Gasteiger partial charge in [0.15, 0.2) is 17.9 Å². The highest BCUT2D eigenvalue weighted by Crippen LogP contribution is 2.25. The van der Waals surface area contributed by atoms with Crippen LogP contribution in [0.3, 0.4) is 0 Å². The van der Waals surface area contributed by atoms with Gasteiger partial charge in [0.05, 0.1) is 11.5 Å². The molecule has 9 nitrogen and oxygen atoms in total. The molecule has 2 N–H and O–H groups in total. The number of carboxylic acids is 1. The van der Waals surface area contributed by atoms with Crippen molar-refractivity contribution in [1.82, 2.24) is 5.32 Å². The molecule has 0 spiro atoms. The third-order valence-electron chi connectivity index (χ3n) is 3.23. The van der Waals surface area contributed by atoms with Crippen LogP contribution >= 0.6 is 0 Å². The minimum absolute atomic E-state index is 0.0605. The lowest BCUT2D eigenvalue weighted by atomic mass is 9.99. The number of carbonyl (C=O) groups is 2. The number of nitrogens with zero attached hydrogens (tertiary/aromatic N) is 1. The maximum Gasteiger partial charge on any atom is 0.331 e. The van der Waals surface area contributed by atoms with Crippen LogP contribution in [0, 0.1) is 10.1 Å². The van der Waals surface area contributed by atoms with Crippen LogP contribution in [-0.4, -0.2) is 47.3 Å². The summed E-state index contributed by atoms with van der Waals surface area (Å²) in [5.41, 5.74) is -1.74. The minimum Gasteiger partial charge on any atom is -0.479 e. The van der Waals surface area contributed by atoms with Gasteiger partial charge in [-0.1, -0.05) is 12.1 Å². The highest BCUT2D eigenvalue weighted by Gasteiger charge is 2.44. The Bertz CT molecular complexity index is 596. The van der Waals surface area contributed by atoms with E-state index in [1.54, 1.807) is 0 Å². The Morgan fingerprint density at radius 3 is 2.77 bits per heavy atom. The Morgan fingerprint density at radius 1 is 1.45 bits per heavy atom. The number of para-hydroxylation sites is 2. The molecule has 1 aliphatic rings. The van der Waals surface area contributed by atoms with Crippen LogP contribution in [0.15, 0.2) is 24.3 Å². The van der Waals surface area contributed by atoms with Crippen LogP contribution in [0.25, 0.3) is 0 Å². The van der Waals surface area contributed by atoms with Crippen molar-refractivity contribution in [3.05, 3.63) is 34.4 Å². The number of amides is 1. The summed E-state index contributed by atoms with van der Waals surface area (Å²) in [5, 5.41) is 22.4. The van der Waals surface area contributed by atoms with Crippen molar-refractivity contribution in [2.45, 2.75) is 12.0 Å². The Morgan fingerprint density at radius 2 is 2.18 bits per heavy atom. The molecule has 1 aromatic rings. The summed E-state index contributed by atoms with van der Waals surface area (Å²) in [6.07, 6.45) is 0.152. The monoisotopic (exact) mass is 310 g/mol. The molecule has 0 bridgehead atoms. The van der Waals surface area contributed by atoms with Gasteiger partial charge in [-0.15, -0.1) is 0 Å². The van der Waals surface area contributed by atoms with E-state index in [9.17, 15) is 24.8 Å². The van der Waals surface area contributed by atoms with Crippen molar-refractivity contribution in [2.75, 3.05) is 19.8 Å². The molecule has 1 amide bonds. The number of rotatable bonds is 6. The third-order valence-corrected chi connectivity index (χ3v) is 3.23. The summed E-state index contributed by atoms with van der Waals surface area (Å²) in [6.45, 7) is -0.420. The van der Waals surface area contributed by atoms with E-state index in [1.807, 2.05) is 0 Å². The Kier molecular flexibility index (Phi) is 4.56. The highest BCUT2D eigenvalue weighted by atomic mass is 16.6. The lowest BCUT2D eigenvalue weighted by Crippen LogP contribution is -2.56. The molecular weight excluding hydrogens is 296 g/mol. The third kappa shape index (κ3) is 3.31. The highest BCUT2D eigenvalue weighted by molar-refractivity contribution is 5.88. The van der Waals surface area contributed by atoms with Gasteiger partial charge in [0.25, 0.3) is 5.91 Å². The molecule has 1 saturated heterocycles. The first kappa shape index (κ1) is 15.7. The van der Waals surface area contributed by atoms with Gasteiger partial charge in [-0.05, 0) is 6.07 Å². The van der Waals surface area contributed by atoms with E-state index in [1.165, 1.54) is 24.3 Å². The van der Waals surface area contributed by atoms with Gasteiger partial charge in [0, 0.05) is 19.1 Å². The topological polar surface area (TPSA) is 128 Å². The average molecular weight is 310 g/mol. The van der Waals surface area contributed by atoms with Crippen LogP contribution in [0.2, 0.25) is 0 Å². The van der Waals surface area contributed by atoms with Gasteiger partial charge in [0.2, 0.25) is 0 Å². The number of nitro groups is 1. The standard InChI is InChI=1S/C13H14N2O7/c16-11(14-13(12(17)18)5-6-21-8-13)7-22-10-4-2-1-3-9(10)15(19)20/h1-4H,5-8H2,(H,14,16)(H,17,18). The fourth-order valence-electron chi connectivity index (χ4n) is 2.06. The molecule has 0 radical (unpaired) electrons. The van der Waals surface area contributed by atoms with Gasteiger partial charge in [-0.25, -0.2) is 4.79 Å². The summed E-state index contributed by atoms with van der Waals surface area (Å²) < 4.78 is 10.1. The van der Waals surface area contributed by atoms with Gasteiger partial charge in [-0.2, -0.15) is 0 Å². The van der Waals surface area contributed by atoms with Crippen molar-refractivity contribution >= 4 is 17.6 Å². The fourth-order valence-corrected chi connectivity index (χ4v) is 2.06. The lowest BCUT2D eigenvalue weighted by Gasteiger charge is -2.23. The number of nitrogens with one attached hydrogen (secondary N) is 1. The normalized spacial score (nSPS) is 20.4. The molecule has 0 saturated carbocycles. The first-order valence-electron chi connectivity index (χ1n) is 6.43. The number of aliphatic carboxylic acids is 1. The zero-order valence-corrected chi connectivity index (χ0v) is 11.5.